The molecule has 1 spiro atoms. The molecule has 1 aromatic rings. The van der Waals surface area contributed by atoms with Crippen molar-refractivity contribution in [2.75, 3.05) is 0 Å². The second-order valence-corrected chi connectivity index (χ2v) is 6.39. The Morgan fingerprint density at radius 2 is 1.94 bits per heavy atom. The van der Waals surface area contributed by atoms with Gasteiger partial charge in [-0.05, 0) is 63.0 Å². The summed E-state index contributed by atoms with van der Waals surface area (Å²) < 4.78 is 5.47. The minimum Gasteiger partial charge on any atom is -0.468 e. The Morgan fingerprint density at radius 3 is 2.56 bits per heavy atom. The van der Waals surface area contributed by atoms with E-state index in [-0.39, 0.29) is 0 Å². The third-order valence-corrected chi connectivity index (χ3v) is 5.17. The van der Waals surface area contributed by atoms with Gasteiger partial charge in [0, 0.05) is 6.04 Å². The lowest BCUT2D eigenvalue weighted by molar-refractivity contribution is 0.162. The molecule has 3 rings (SSSR count). The van der Waals surface area contributed by atoms with Crippen molar-refractivity contribution in [3.8, 4) is 0 Å². The predicted octanol–water partition coefficient (Wildman–Crippen LogP) is 4.43. The molecule has 0 radical (unpaired) electrons. The summed E-state index contributed by atoms with van der Waals surface area (Å²) >= 11 is 0. The minimum atomic E-state index is 0.350. The maximum absolute atomic E-state index is 5.47. The second kappa shape index (κ2) is 5.08. The molecule has 0 bridgehead atoms. The van der Waals surface area contributed by atoms with Crippen LogP contribution in [0.3, 0.4) is 0 Å². The van der Waals surface area contributed by atoms with Gasteiger partial charge in [0.2, 0.25) is 0 Å². The Hall–Kier alpha value is -0.760. The van der Waals surface area contributed by atoms with E-state index in [9.17, 15) is 0 Å². The summed E-state index contributed by atoms with van der Waals surface area (Å²) in [6.45, 7) is 2.21. The zero-order valence-corrected chi connectivity index (χ0v) is 11.5. The molecule has 1 heterocycles. The summed E-state index contributed by atoms with van der Waals surface area (Å²) in [5, 5.41) is 3.73. The van der Waals surface area contributed by atoms with E-state index < -0.39 is 0 Å². The van der Waals surface area contributed by atoms with Crippen molar-refractivity contribution in [1.82, 2.24) is 5.32 Å². The Morgan fingerprint density at radius 1 is 1.22 bits per heavy atom. The molecule has 18 heavy (non-hydrogen) atoms. The third kappa shape index (κ3) is 2.49. The van der Waals surface area contributed by atoms with Crippen LogP contribution in [0.4, 0.5) is 0 Å². The molecule has 0 amide bonds. The van der Waals surface area contributed by atoms with E-state index in [0.29, 0.717) is 12.1 Å². The van der Waals surface area contributed by atoms with Crippen molar-refractivity contribution in [2.45, 2.75) is 70.4 Å². The normalized spacial score (nSPS) is 25.6. The molecule has 2 heteroatoms. The van der Waals surface area contributed by atoms with Crippen LogP contribution in [0.25, 0.3) is 0 Å². The lowest BCUT2D eigenvalue weighted by Gasteiger charge is -2.38. The summed E-state index contributed by atoms with van der Waals surface area (Å²) in [5.41, 5.74) is 0.742. The predicted molar refractivity (Wildman–Crippen MR) is 73.4 cm³/mol. The quantitative estimate of drug-likeness (QED) is 0.854. The SMILES string of the molecule is C[C@H](NC1CCC2(CCCC2)CC1)c1ccco1. The van der Waals surface area contributed by atoms with Gasteiger partial charge in [-0.1, -0.05) is 12.8 Å². The maximum Gasteiger partial charge on any atom is 0.120 e. The Balaban J connectivity index is 1.51. The van der Waals surface area contributed by atoms with Gasteiger partial charge in [-0.15, -0.1) is 0 Å². The molecule has 2 saturated carbocycles. The number of nitrogens with one attached hydrogen (secondary N) is 1. The number of furan rings is 1. The van der Waals surface area contributed by atoms with Crippen LogP contribution < -0.4 is 5.32 Å². The minimum absolute atomic E-state index is 0.350. The van der Waals surface area contributed by atoms with Gasteiger partial charge >= 0.3 is 0 Å². The topological polar surface area (TPSA) is 25.2 Å². The van der Waals surface area contributed by atoms with Crippen molar-refractivity contribution in [2.24, 2.45) is 5.41 Å². The van der Waals surface area contributed by atoms with Crippen LogP contribution in [0.1, 0.15) is 70.1 Å². The Kier molecular flexibility index (Phi) is 3.47. The monoisotopic (exact) mass is 247 g/mol. The molecule has 2 aliphatic rings. The fraction of sp³-hybridized carbons (Fsp3) is 0.750. The Labute approximate surface area is 110 Å². The van der Waals surface area contributed by atoms with Gasteiger partial charge in [-0.3, -0.25) is 0 Å². The van der Waals surface area contributed by atoms with E-state index in [4.69, 9.17) is 4.42 Å². The molecule has 0 aromatic carbocycles. The highest BCUT2D eigenvalue weighted by Gasteiger charge is 2.37. The van der Waals surface area contributed by atoms with Crippen LogP contribution in [0.5, 0.6) is 0 Å². The molecule has 2 nitrogen and oxygen atoms in total. The van der Waals surface area contributed by atoms with Crippen LogP contribution in [0, 0.1) is 5.41 Å². The van der Waals surface area contributed by atoms with Gasteiger partial charge in [0.25, 0.3) is 0 Å². The largest absolute Gasteiger partial charge is 0.468 e. The molecular formula is C16H25NO. The van der Waals surface area contributed by atoms with Crippen LogP contribution in [-0.4, -0.2) is 6.04 Å². The molecule has 2 aliphatic carbocycles. The third-order valence-electron chi connectivity index (χ3n) is 5.17. The van der Waals surface area contributed by atoms with Crippen LogP contribution >= 0.6 is 0 Å². The van der Waals surface area contributed by atoms with Crippen LogP contribution in [0.15, 0.2) is 22.8 Å². The molecule has 1 N–H and O–H groups in total. The number of hydrogen-bond acceptors (Lipinski definition) is 2. The van der Waals surface area contributed by atoms with Gasteiger partial charge in [0.05, 0.1) is 12.3 Å². The first-order valence-corrected chi connectivity index (χ1v) is 7.57. The first-order valence-electron chi connectivity index (χ1n) is 7.57. The van der Waals surface area contributed by atoms with Crippen LogP contribution in [-0.2, 0) is 0 Å². The highest BCUT2D eigenvalue weighted by atomic mass is 16.3. The van der Waals surface area contributed by atoms with Gasteiger partial charge in [-0.25, -0.2) is 0 Å². The average Bonchev–Trinajstić information content (AvgIpc) is 3.04. The van der Waals surface area contributed by atoms with E-state index in [2.05, 4.69) is 18.3 Å². The molecular weight excluding hydrogens is 222 g/mol. The standard InChI is InChI=1S/C16H25NO/c1-13(15-5-4-12-18-15)17-14-6-10-16(11-7-14)8-2-3-9-16/h4-5,12-14,17H,2-3,6-11H2,1H3/t13-/m0/s1. The summed E-state index contributed by atoms with van der Waals surface area (Å²) in [6.07, 6.45) is 13.3. The van der Waals surface area contributed by atoms with Gasteiger partial charge < -0.3 is 9.73 Å². The molecule has 1 atom stereocenters. The first kappa shape index (κ1) is 12.3. The summed E-state index contributed by atoms with van der Waals surface area (Å²) in [6, 6.07) is 5.08. The fourth-order valence-corrected chi connectivity index (χ4v) is 4.00. The van der Waals surface area contributed by atoms with E-state index in [1.807, 2.05) is 6.07 Å². The summed E-state index contributed by atoms with van der Waals surface area (Å²) in [5.74, 6) is 1.07. The van der Waals surface area contributed by atoms with Gasteiger partial charge in [0.15, 0.2) is 0 Å². The summed E-state index contributed by atoms with van der Waals surface area (Å²) in [4.78, 5) is 0. The lowest BCUT2D eigenvalue weighted by Crippen LogP contribution is -2.37. The number of rotatable bonds is 3. The molecule has 2 fully saturated rings. The van der Waals surface area contributed by atoms with Gasteiger partial charge in [-0.2, -0.15) is 0 Å². The second-order valence-electron chi connectivity index (χ2n) is 6.39. The fourth-order valence-electron chi connectivity index (χ4n) is 4.00. The van der Waals surface area contributed by atoms with Crippen LogP contribution in [0.2, 0.25) is 0 Å². The zero-order valence-electron chi connectivity index (χ0n) is 11.5. The molecule has 0 unspecified atom stereocenters. The molecule has 1 aromatic heterocycles. The van der Waals surface area contributed by atoms with Crippen molar-refractivity contribution in [3.63, 3.8) is 0 Å². The highest BCUT2D eigenvalue weighted by molar-refractivity contribution is 5.04. The lowest BCUT2D eigenvalue weighted by atomic mass is 9.71. The molecule has 0 saturated heterocycles. The van der Waals surface area contributed by atoms with Crippen molar-refractivity contribution in [3.05, 3.63) is 24.2 Å². The van der Waals surface area contributed by atoms with Crippen molar-refractivity contribution < 1.29 is 4.42 Å². The van der Waals surface area contributed by atoms with Gasteiger partial charge in [0.1, 0.15) is 5.76 Å². The van der Waals surface area contributed by atoms with E-state index >= 15 is 0 Å². The van der Waals surface area contributed by atoms with Crippen molar-refractivity contribution >= 4 is 0 Å². The van der Waals surface area contributed by atoms with E-state index in [1.165, 1.54) is 51.4 Å². The summed E-state index contributed by atoms with van der Waals surface area (Å²) in [7, 11) is 0. The molecule has 0 aliphatic heterocycles. The van der Waals surface area contributed by atoms with E-state index in [0.717, 1.165) is 11.2 Å². The number of hydrogen-bond donors (Lipinski definition) is 1. The smallest absolute Gasteiger partial charge is 0.120 e. The molecule has 100 valence electrons. The first-order chi connectivity index (χ1) is 8.77. The van der Waals surface area contributed by atoms with Crippen molar-refractivity contribution in [1.29, 1.82) is 0 Å². The zero-order chi connectivity index (χ0) is 12.4. The maximum atomic E-state index is 5.47. The average molecular weight is 247 g/mol. The Bertz CT molecular complexity index is 354. The van der Waals surface area contributed by atoms with E-state index in [1.54, 1.807) is 6.26 Å². The highest BCUT2D eigenvalue weighted by Crippen LogP contribution is 2.49.